The topological polar surface area (TPSA) is 17.8 Å². The highest BCUT2D eigenvalue weighted by molar-refractivity contribution is 6.35. The van der Waals surface area contributed by atoms with Gasteiger partial charge < -0.3 is 4.57 Å². The van der Waals surface area contributed by atoms with Crippen LogP contribution in [0.15, 0.2) is 18.2 Å². The number of imidazole rings is 1. The molecule has 0 amide bonds. The number of hydrogen-bond donors (Lipinski definition) is 0. The van der Waals surface area contributed by atoms with Gasteiger partial charge in [0, 0.05) is 6.54 Å². The van der Waals surface area contributed by atoms with Crippen LogP contribution in [0.4, 0.5) is 0 Å². The first-order valence-corrected chi connectivity index (χ1v) is 6.25. The average Bonchev–Trinajstić information content (AvgIpc) is 2.59. The molecule has 0 saturated heterocycles. The fourth-order valence-electron chi connectivity index (χ4n) is 1.91. The van der Waals surface area contributed by atoms with Gasteiger partial charge in [-0.15, -0.1) is 11.6 Å². The Morgan fingerprint density at radius 3 is 2.81 bits per heavy atom. The second-order valence-electron chi connectivity index (χ2n) is 3.85. The molecule has 0 aliphatic rings. The van der Waals surface area contributed by atoms with Crippen LogP contribution in [-0.4, -0.2) is 9.55 Å². The molecule has 86 valence electrons. The van der Waals surface area contributed by atoms with E-state index in [1.165, 1.54) is 0 Å². The predicted octanol–water partition coefficient (Wildman–Crippen LogP) is 4.40. The Kier molecular flexibility index (Phi) is 3.41. The van der Waals surface area contributed by atoms with E-state index in [9.17, 15) is 0 Å². The Morgan fingerprint density at radius 1 is 1.44 bits per heavy atom. The van der Waals surface area contributed by atoms with Crippen molar-refractivity contribution in [2.24, 2.45) is 0 Å². The van der Waals surface area contributed by atoms with Crippen LogP contribution in [-0.2, 0) is 6.54 Å². The smallest absolute Gasteiger partial charge is 0.127 e. The first kappa shape index (κ1) is 11.7. The van der Waals surface area contributed by atoms with Gasteiger partial charge in [0.15, 0.2) is 0 Å². The van der Waals surface area contributed by atoms with Gasteiger partial charge >= 0.3 is 0 Å². The third kappa shape index (κ3) is 1.92. The van der Waals surface area contributed by atoms with Crippen LogP contribution in [0.5, 0.6) is 0 Å². The molecule has 0 N–H and O–H groups in total. The first-order valence-electron chi connectivity index (χ1n) is 5.44. The summed E-state index contributed by atoms with van der Waals surface area (Å²) in [5.74, 6) is 0.895. The fourth-order valence-corrected chi connectivity index (χ4v) is 2.35. The molecule has 0 fully saturated rings. The highest BCUT2D eigenvalue weighted by atomic mass is 35.5. The van der Waals surface area contributed by atoms with Crippen LogP contribution >= 0.6 is 23.2 Å². The summed E-state index contributed by atoms with van der Waals surface area (Å²) in [5.41, 5.74) is 1.91. The lowest BCUT2D eigenvalue weighted by atomic mass is 10.3. The van der Waals surface area contributed by atoms with Crippen LogP contribution < -0.4 is 0 Å². The van der Waals surface area contributed by atoms with Crippen molar-refractivity contribution in [2.45, 2.75) is 32.2 Å². The van der Waals surface area contributed by atoms with Crippen molar-refractivity contribution in [3.05, 3.63) is 29.0 Å². The van der Waals surface area contributed by atoms with Gasteiger partial charge in [-0.1, -0.05) is 24.6 Å². The third-order valence-corrected chi connectivity index (χ3v) is 3.05. The number of fused-ring (bicyclic) bond motifs is 1. The van der Waals surface area contributed by atoms with Crippen LogP contribution in [0.2, 0.25) is 5.02 Å². The molecule has 0 aliphatic heterocycles. The van der Waals surface area contributed by atoms with Crippen molar-refractivity contribution >= 4 is 34.2 Å². The highest BCUT2D eigenvalue weighted by Crippen LogP contribution is 2.29. The lowest BCUT2D eigenvalue weighted by Gasteiger charge is -2.09. The minimum Gasteiger partial charge on any atom is -0.326 e. The van der Waals surface area contributed by atoms with E-state index in [1.807, 2.05) is 25.1 Å². The number of aromatic nitrogens is 2. The summed E-state index contributed by atoms with van der Waals surface area (Å²) in [7, 11) is 0. The number of hydrogen-bond acceptors (Lipinski definition) is 1. The Labute approximate surface area is 105 Å². The zero-order chi connectivity index (χ0) is 11.7. The number of aryl methyl sites for hydroxylation is 1. The Balaban J connectivity index is 2.72. The Hall–Kier alpha value is -0.730. The number of nitrogens with zero attached hydrogens (tertiary/aromatic N) is 2. The molecule has 1 aromatic heterocycles. The molecule has 4 heteroatoms. The van der Waals surface area contributed by atoms with Crippen molar-refractivity contribution in [1.29, 1.82) is 0 Å². The average molecular weight is 257 g/mol. The lowest BCUT2D eigenvalue weighted by Crippen LogP contribution is -2.04. The van der Waals surface area contributed by atoms with Gasteiger partial charge in [0.2, 0.25) is 0 Å². The number of benzene rings is 1. The molecule has 1 heterocycles. The maximum atomic E-state index is 6.21. The molecule has 0 spiro atoms. The largest absolute Gasteiger partial charge is 0.326 e. The number of alkyl halides is 1. The quantitative estimate of drug-likeness (QED) is 0.745. The molecule has 0 bridgehead atoms. The van der Waals surface area contributed by atoms with Crippen molar-refractivity contribution in [3.8, 4) is 0 Å². The lowest BCUT2D eigenvalue weighted by molar-refractivity contribution is 0.654. The summed E-state index contributed by atoms with van der Waals surface area (Å²) < 4.78 is 2.12. The summed E-state index contributed by atoms with van der Waals surface area (Å²) >= 11 is 12.4. The predicted molar refractivity (Wildman–Crippen MR) is 69.3 cm³/mol. The first-order chi connectivity index (χ1) is 7.65. The third-order valence-electron chi connectivity index (χ3n) is 2.55. The van der Waals surface area contributed by atoms with Crippen LogP contribution in [0.3, 0.4) is 0 Å². The SMILES string of the molecule is CCCn1c([C@H](C)Cl)nc2cccc(Cl)c21. The van der Waals surface area contributed by atoms with Gasteiger partial charge in [-0.05, 0) is 25.5 Å². The molecule has 1 atom stereocenters. The monoisotopic (exact) mass is 256 g/mol. The molecule has 2 nitrogen and oxygen atoms in total. The van der Waals surface area contributed by atoms with E-state index in [2.05, 4.69) is 16.5 Å². The van der Waals surface area contributed by atoms with Crippen molar-refractivity contribution in [3.63, 3.8) is 0 Å². The standard InChI is InChI=1S/C12H14Cl2N2/c1-3-7-16-11-9(14)5-4-6-10(11)15-12(16)8(2)13/h4-6,8H,3,7H2,1-2H3/t8-/m0/s1. The van der Waals surface area contributed by atoms with E-state index in [0.717, 1.165) is 34.8 Å². The van der Waals surface area contributed by atoms with Crippen LogP contribution in [0, 0.1) is 0 Å². The summed E-state index contributed by atoms with van der Waals surface area (Å²) in [6, 6.07) is 5.77. The molecule has 0 unspecified atom stereocenters. The maximum Gasteiger partial charge on any atom is 0.127 e. The second-order valence-corrected chi connectivity index (χ2v) is 4.91. The summed E-state index contributed by atoms with van der Waals surface area (Å²) in [4.78, 5) is 4.54. The molecule has 2 rings (SSSR count). The molecular formula is C12H14Cl2N2. The molecular weight excluding hydrogens is 243 g/mol. The van der Waals surface area contributed by atoms with E-state index >= 15 is 0 Å². The van der Waals surface area contributed by atoms with E-state index in [-0.39, 0.29) is 5.38 Å². The summed E-state index contributed by atoms with van der Waals surface area (Å²) in [6.07, 6.45) is 1.04. The van der Waals surface area contributed by atoms with E-state index < -0.39 is 0 Å². The van der Waals surface area contributed by atoms with Gasteiger partial charge in [-0.2, -0.15) is 0 Å². The molecule has 0 radical (unpaired) electrons. The number of rotatable bonds is 3. The molecule has 2 aromatic rings. The zero-order valence-corrected chi connectivity index (χ0v) is 10.9. The fraction of sp³-hybridized carbons (Fsp3) is 0.417. The van der Waals surface area contributed by atoms with E-state index in [1.54, 1.807) is 0 Å². The van der Waals surface area contributed by atoms with Crippen LogP contribution in [0.1, 0.15) is 31.5 Å². The Bertz CT molecular complexity index is 503. The molecule has 0 aliphatic carbocycles. The number of halogens is 2. The van der Waals surface area contributed by atoms with Crippen molar-refractivity contribution in [1.82, 2.24) is 9.55 Å². The van der Waals surface area contributed by atoms with Crippen LogP contribution in [0.25, 0.3) is 11.0 Å². The minimum atomic E-state index is -0.102. The van der Waals surface area contributed by atoms with Gasteiger partial charge in [0.05, 0.1) is 21.4 Å². The van der Waals surface area contributed by atoms with Crippen molar-refractivity contribution < 1.29 is 0 Å². The normalized spacial score (nSPS) is 13.2. The molecule has 0 saturated carbocycles. The maximum absolute atomic E-state index is 6.21. The molecule has 16 heavy (non-hydrogen) atoms. The van der Waals surface area contributed by atoms with Crippen molar-refractivity contribution in [2.75, 3.05) is 0 Å². The second kappa shape index (κ2) is 4.64. The number of para-hydroxylation sites is 1. The van der Waals surface area contributed by atoms with E-state index in [4.69, 9.17) is 23.2 Å². The summed E-state index contributed by atoms with van der Waals surface area (Å²) in [5, 5.41) is 0.636. The van der Waals surface area contributed by atoms with E-state index in [0.29, 0.717) is 0 Å². The van der Waals surface area contributed by atoms with Gasteiger partial charge in [0.25, 0.3) is 0 Å². The molecule has 1 aromatic carbocycles. The minimum absolute atomic E-state index is 0.102. The zero-order valence-electron chi connectivity index (χ0n) is 9.37. The van der Waals surface area contributed by atoms with Gasteiger partial charge in [-0.25, -0.2) is 4.98 Å². The summed E-state index contributed by atoms with van der Waals surface area (Å²) in [6.45, 7) is 4.96. The van der Waals surface area contributed by atoms with Gasteiger partial charge in [0.1, 0.15) is 5.82 Å². The van der Waals surface area contributed by atoms with Gasteiger partial charge in [-0.3, -0.25) is 0 Å². The Morgan fingerprint density at radius 2 is 2.19 bits per heavy atom. The highest BCUT2D eigenvalue weighted by Gasteiger charge is 2.15.